The minimum Gasteiger partial charge on any atom is -0.352 e. The molecule has 1 aromatic carbocycles. The Bertz CT molecular complexity index is 544. The zero-order valence-corrected chi connectivity index (χ0v) is 13.8. The fraction of sp³-hybridized carbons (Fsp3) is 0.429. The summed E-state index contributed by atoms with van der Waals surface area (Å²) < 4.78 is 0. The number of hydrogen-bond donors (Lipinski definition) is 2. The number of rotatable bonds is 2. The van der Waals surface area contributed by atoms with Crippen molar-refractivity contribution in [3.63, 3.8) is 0 Å². The summed E-state index contributed by atoms with van der Waals surface area (Å²) in [5.41, 5.74) is 3.06. The van der Waals surface area contributed by atoms with Crippen LogP contribution in [0.3, 0.4) is 0 Å². The van der Waals surface area contributed by atoms with Crippen LogP contribution in [0.1, 0.15) is 21.5 Å². The molecule has 0 bridgehead atoms. The number of carbonyl (C=O) groups is 1. The first-order chi connectivity index (χ1) is 9.24. The molecule has 0 spiro atoms. The van der Waals surface area contributed by atoms with Crippen LogP contribution in [-0.2, 0) is 13.0 Å². The van der Waals surface area contributed by atoms with E-state index in [2.05, 4.69) is 32.7 Å². The molecule has 0 saturated carbocycles. The molecule has 2 aliphatic rings. The molecule has 2 aliphatic heterocycles. The average molecular weight is 386 g/mol. The molecule has 0 aliphatic carbocycles. The number of amides is 1. The summed E-state index contributed by atoms with van der Waals surface area (Å²) in [6.07, 6.45) is 0.921. The van der Waals surface area contributed by atoms with E-state index in [0.717, 1.165) is 48.7 Å². The van der Waals surface area contributed by atoms with Crippen molar-refractivity contribution in [2.45, 2.75) is 13.0 Å². The van der Waals surface area contributed by atoms with Crippen LogP contribution in [0.5, 0.6) is 0 Å². The minimum atomic E-state index is 0. The summed E-state index contributed by atoms with van der Waals surface area (Å²) in [6.45, 7) is 3.26. The molecule has 3 rings (SSSR count). The van der Waals surface area contributed by atoms with E-state index in [0.29, 0.717) is 6.54 Å². The lowest BCUT2D eigenvalue weighted by Gasteiger charge is -2.18. The lowest BCUT2D eigenvalue weighted by molar-refractivity contribution is 0.0946. The minimum absolute atomic E-state index is 0. The van der Waals surface area contributed by atoms with Crippen LogP contribution in [0.4, 0.5) is 0 Å². The van der Waals surface area contributed by atoms with Crippen LogP contribution in [-0.4, -0.2) is 43.4 Å². The molecule has 2 N–H and O–H groups in total. The van der Waals surface area contributed by atoms with Gasteiger partial charge in [-0.05, 0) is 23.6 Å². The number of aliphatic imine (C=N–C) groups is 1. The quantitative estimate of drug-likeness (QED) is 0.746. The number of guanidine groups is 1. The Balaban J connectivity index is 0.00000147. The van der Waals surface area contributed by atoms with Gasteiger partial charge in [0, 0.05) is 32.2 Å². The van der Waals surface area contributed by atoms with Crippen molar-refractivity contribution < 1.29 is 4.79 Å². The summed E-state index contributed by atoms with van der Waals surface area (Å²) in [4.78, 5) is 18.3. The third-order valence-corrected chi connectivity index (χ3v) is 3.61. The van der Waals surface area contributed by atoms with Crippen molar-refractivity contribution in [2.24, 2.45) is 4.99 Å². The van der Waals surface area contributed by atoms with Gasteiger partial charge in [0.05, 0.1) is 6.54 Å². The molecule has 0 unspecified atom stereocenters. The second-order valence-corrected chi connectivity index (χ2v) is 4.98. The summed E-state index contributed by atoms with van der Waals surface area (Å²) in [5, 5.41) is 6.19. The molecule has 1 amide bonds. The van der Waals surface area contributed by atoms with E-state index in [9.17, 15) is 4.79 Å². The van der Waals surface area contributed by atoms with Gasteiger partial charge in [0.25, 0.3) is 5.91 Å². The fourth-order valence-corrected chi connectivity index (χ4v) is 2.47. The van der Waals surface area contributed by atoms with Gasteiger partial charge in [-0.25, -0.2) is 0 Å². The maximum absolute atomic E-state index is 11.8. The molecule has 20 heavy (non-hydrogen) atoms. The second-order valence-electron chi connectivity index (χ2n) is 4.98. The number of fused-ring (bicyclic) bond motifs is 1. The van der Waals surface area contributed by atoms with Crippen LogP contribution in [0.15, 0.2) is 23.2 Å². The number of nitrogens with zero attached hydrogens (tertiary/aromatic N) is 2. The SMILES string of the molecule is CN1CCN=C1NCc1ccc2c(c1)C(=O)NCC2.I. The Morgan fingerprint density at radius 1 is 1.45 bits per heavy atom. The molecular formula is C14H19IN4O. The predicted octanol–water partition coefficient (Wildman–Crippen LogP) is 0.981. The molecule has 5 nitrogen and oxygen atoms in total. The largest absolute Gasteiger partial charge is 0.352 e. The van der Waals surface area contributed by atoms with Crippen molar-refractivity contribution in [1.82, 2.24) is 15.5 Å². The second kappa shape index (κ2) is 6.43. The van der Waals surface area contributed by atoms with E-state index < -0.39 is 0 Å². The van der Waals surface area contributed by atoms with Crippen LogP contribution >= 0.6 is 24.0 Å². The maximum Gasteiger partial charge on any atom is 0.251 e. The molecule has 6 heteroatoms. The van der Waals surface area contributed by atoms with Crippen molar-refractivity contribution in [1.29, 1.82) is 0 Å². The Morgan fingerprint density at radius 3 is 3.05 bits per heavy atom. The fourth-order valence-electron chi connectivity index (χ4n) is 2.47. The zero-order valence-electron chi connectivity index (χ0n) is 11.5. The first-order valence-electron chi connectivity index (χ1n) is 6.63. The number of benzene rings is 1. The predicted molar refractivity (Wildman–Crippen MR) is 89.7 cm³/mol. The lowest BCUT2D eigenvalue weighted by Crippen LogP contribution is -2.35. The zero-order chi connectivity index (χ0) is 13.2. The van der Waals surface area contributed by atoms with Crippen LogP contribution in [0.25, 0.3) is 0 Å². The van der Waals surface area contributed by atoms with E-state index in [1.807, 2.05) is 13.1 Å². The highest BCUT2D eigenvalue weighted by molar-refractivity contribution is 14.0. The van der Waals surface area contributed by atoms with Crippen molar-refractivity contribution in [3.8, 4) is 0 Å². The smallest absolute Gasteiger partial charge is 0.251 e. The summed E-state index contributed by atoms with van der Waals surface area (Å²) >= 11 is 0. The average Bonchev–Trinajstić information content (AvgIpc) is 2.83. The Hall–Kier alpha value is -1.31. The van der Waals surface area contributed by atoms with Crippen LogP contribution in [0, 0.1) is 0 Å². The van der Waals surface area contributed by atoms with E-state index in [1.54, 1.807) is 0 Å². The van der Waals surface area contributed by atoms with Gasteiger partial charge in [-0.1, -0.05) is 12.1 Å². The normalized spacial score (nSPS) is 16.9. The third-order valence-electron chi connectivity index (χ3n) is 3.61. The first kappa shape index (κ1) is 15.1. The van der Waals surface area contributed by atoms with Gasteiger partial charge in [0.1, 0.15) is 0 Å². The summed E-state index contributed by atoms with van der Waals surface area (Å²) in [6, 6.07) is 6.12. The van der Waals surface area contributed by atoms with Gasteiger partial charge >= 0.3 is 0 Å². The topological polar surface area (TPSA) is 56.7 Å². The van der Waals surface area contributed by atoms with Gasteiger partial charge in [-0.15, -0.1) is 24.0 Å². The maximum atomic E-state index is 11.8. The van der Waals surface area contributed by atoms with Crippen molar-refractivity contribution >= 4 is 35.8 Å². The molecular weight excluding hydrogens is 367 g/mol. The Labute approximate surface area is 135 Å². The van der Waals surface area contributed by atoms with Crippen LogP contribution < -0.4 is 10.6 Å². The van der Waals surface area contributed by atoms with Crippen LogP contribution in [0.2, 0.25) is 0 Å². The molecule has 2 heterocycles. The standard InChI is InChI=1S/C14H18N4O.HI/c1-18-7-6-16-14(18)17-9-10-2-3-11-4-5-15-13(19)12(11)8-10;/h2-3,8H,4-7,9H2,1H3,(H,15,19)(H,16,17);1H. The molecule has 0 radical (unpaired) electrons. The van der Waals surface area contributed by atoms with Gasteiger partial charge in [0.2, 0.25) is 0 Å². The number of carbonyl (C=O) groups excluding carboxylic acids is 1. The van der Waals surface area contributed by atoms with Gasteiger partial charge < -0.3 is 15.5 Å². The molecule has 0 aromatic heterocycles. The third kappa shape index (κ3) is 3.05. The highest BCUT2D eigenvalue weighted by atomic mass is 127. The first-order valence-corrected chi connectivity index (χ1v) is 6.63. The van der Waals surface area contributed by atoms with Crippen molar-refractivity contribution in [3.05, 3.63) is 34.9 Å². The monoisotopic (exact) mass is 386 g/mol. The van der Waals surface area contributed by atoms with E-state index in [4.69, 9.17) is 0 Å². The Kier molecular flexibility index (Phi) is 4.85. The number of nitrogens with one attached hydrogen (secondary N) is 2. The molecule has 0 atom stereocenters. The summed E-state index contributed by atoms with van der Waals surface area (Å²) in [7, 11) is 2.03. The van der Waals surface area contributed by atoms with E-state index in [1.165, 1.54) is 0 Å². The highest BCUT2D eigenvalue weighted by Gasteiger charge is 2.17. The van der Waals surface area contributed by atoms with Gasteiger partial charge in [0.15, 0.2) is 5.96 Å². The Morgan fingerprint density at radius 2 is 2.30 bits per heavy atom. The van der Waals surface area contributed by atoms with E-state index >= 15 is 0 Å². The molecule has 1 aromatic rings. The lowest BCUT2D eigenvalue weighted by atomic mass is 9.98. The molecule has 0 fully saturated rings. The van der Waals surface area contributed by atoms with Gasteiger partial charge in [-0.2, -0.15) is 0 Å². The highest BCUT2D eigenvalue weighted by Crippen LogP contribution is 2.16. The van der Waals surface area contributed by atoms with Gasteiger partial charge in [-0.3, -0.25) is 9.79 Å². The summed E-state index contributed by atoms with van der Waals surface area (Å²) in [5.74, 6) is 0.973. The molecule has 0 saturated heterocycles. The van der Waals surface area contributed by atoms with Crippen molar-refractivity contribution in [2.75, 3.05) is 26.7 Å². The number of hydrogen-bond acceptors (Lipinski definition) is 4. The number of halogens is 1. The number of likely N-dealkylation sites (N-methyl/N-ethyl adjacent to an activating group) is 1. The van der Waals surface area contributed by atoms with E-state index in [-0.39, 0.29) is 29.9 Å². The molecule has 108 valence electrons.